The van der Waals surface area contributed by atoms with Gasteiger partial charge in [-0.3, -0.25) is 43.2 Å². The number of esters is 6. The van der Waals surface area contributed by atoms with Crippen LogP contribution in [0.25, 0.3) is 0 Å². The first-order valence-electron chi connectivity index (χ1n) is 37.4. The molecule has 13 N–H and O–H groups in total. The van der Waals surface area contributed by atoms with Crippen LogP contribution in [0, 0.1) is 0 Å². The molecule has 6 aliphatic heterocycles. The molecule has 27 atom stereocenters. The van der Waals surface area contributed by atoms with Crippen LogP contribution in [0.3, 0.4) is 0 Å². The summed E-state index contributed by atoms with van der Waals surface area (Å²) in [5.74, 6) is -11.4. The van der Waals surface area contributed by atoms with Crippen LogP contribution >= 0.6 is 24.4 Å². The molecular formula is C68H105N3O45S2. The van der Waals surface area contributed by atoms with E-state index < -0.39 is 295 Å². The molecule has 0 radical (unpaired) electrons. The maximum Gasteiger partial charge on any atom is 0.335 e. The second-order valence-corrected chi connectivity index (χ2v) is 28.7. The van der Waals surface area contributed by atoms with Crippen molar-refractivity contribution in [2.45, 2.75) is 258 Å². The molecule has 0 saturated carbocycles. The number of hydrogen-bond acceptors (Lipinski definition) is 44. The monoisotopic (exact) mass is 1750 g/mol. The van der Waals surface area contributed by atoms with Crippen molar-refractivity contribution in [3.05, 3.63) is 0 Å². The van der Waals surface area contributed by atoms with Gasteiger partial charge in [0.05, 0.1) is 96.5 Å². The first kappa shape index (κ1) is 100. The fraction of sp³-hybridized carbons (Fsp3) is 0.824. The van der Waals surface area contributed by atoms with Gasteiger partial charge in [0, 0.05) is 63.7 Å². The van der Waals surface area contributed by atoms with Crippen LogP contribution in [-0.4, -0.2) is 385 Å². The minimum absolute atomic E-state index is 0.0332. The first-order valence-corrected chi connectivity index (χ1v) is 39.2. The average molecular weight is 1750 g/mol. The number of aliphatic carboxylic acids is 3. The Morgan fingerprint density at radius 1 is 0.407 bits per heavy atom. The molecule has 0 bridgehead atoms. The molecule has 50 heteroatoms. The lowest BCUT2D eigenvalue weighted by Gasteiger charge is -2.46. The third kappa shape index (κ3) is 32.0. The van der Waals surface area contributed by atoms with E-state index in [4.69, 9.17) is 110 Å². The van der Waals surface area contributed by atoms with Crippen molar-refractivity contribution in [1.29, 1.82) is 0 Å². The van der Waals surface area contributed by atoms with E-state index in [0.29, 0.717) is 43.7 Å². The average Bonchev–Trinajstić information content (AvgIpc) is 0.792. The maximum absolute atomic E-state index is 13.3. The van der Waals surface area contributed by atoms with Gasteiger partial charge in [0.25, 0.3) is 0 Å². The van der Waals surface area contributed by atoms with Gasteiger partial charge in [-0.05, 0) is 6.92 Å². The van der Waals surface area contributed by atoms with E-state index in [-0.39, 0.29) is 45.7 Å². The van der Waals surface area contributed by atoms with Gasteiger partial charge < -0.3 is 148 Å². The standard InChI is InChI=1S/C68H105N3O45S2/c1-7-43(76)97-15-16-98-44(77)8-10-46(79)102-29-42-39(114-115-67-53(86)51(84)56(59(110-67)62(90)91)108-64-34(69-31(3)73)24-37(112-94-6)40(27-72)104-64)26-36(71-33(5)75)66(106-42)109-57-52(85)54(87)68(111-60(57)63(92)93)116-113-38-25-35(70-32(4)74)65(107-55-50(83)49(82)30(2)103-58(55)61(88)89)105-41(38)28-101-47(80)11-9-45(78)99-17-18-100-48(81)12-22-118-23-20-96-14-13-95-19-21-117/h30,34-42,49-60,64-68,72,82-87,117H,7-29H2,1-6H3,(H,69,73)(H,70,74)(H,71,75)(H,88,89)(H,90,91)(H,92,93)/t30?,34-,35-,36-,37-,38-,39-,40-,41-,42-,49-,50+,51?,52?,53+,54?,55+,56+,57+,58?,59?,60?,64?,65-,66-,67?,68?/m0/s1. The largest absolute Gasteiger partial charge is 0.479 e. The molecule has 0 aromatic carbocycles. The van der Waals surface area contributed by atoms with Crippen LogP contribution in [0.5, 0.6) is 0 Å². The Morgan fingerprint density at radius 2 is 0.763 bits per heavy atom. The van der Waals surface area contributed by atoms with Crippen LogP contribution in [-0.2, 0) is 167 Å². The summed E-state index contributed by atoms with van der Waals surface area (Å²) in [7, 11) is 1.16. The summed E-state index contributed by atoms with van der Waals surface area (Å²) < 4.78 is 94.1. The number of nitrogens with one attached hydrogen (secondary N) is 3. The van der Waals surface area contributed by atoms with Crippen molar-refractivity contribution in [3.63, 3.8) is 0 Å². The van der Waals surface area contributed by atoms with E-state index in [1.165, 1.54) is 25.6 Å². The molecule has 118 heavy (non-hydrogen) atoms. The third-order valence-corrected chi connectivity index (χ3v) is 19.2. The topological polar surface area (TPSA) is 656 Å². The van der Waals surface area contributed by atoms with E-state index in [9.17, 15) is 109 Å². The Bertz CT molecular complexity index is 3210. The van der Waals surface area contributed by atoms with Crippen LogP contribution in [0.2, 0.25) is 0 Å². The number of carboxylic acids is 3. The second kappa shape index (κ2) is 51.3. The van der Waals surface area contributed by atoms with Crippen molar-refractivity contribution >= 4 is 95.8 Å². The molecule has 10 unspecified atom stereocenters. The summed E-state index contributed by atoms with van der Waals surface area (Å²) in [5.41, 5.74) is 0. The van der Waals surface area contributed by atoms with Crippen LogP contribution in [0.15, 0.2) is 0 Å². The molecule has 0 spiro atoms. The normalized spacial score (nSPS) is 32.8. The number of rotatable bonds is 49. The summed E-state index contributed by atoms with van der Waals surface area (Å²) in [4.78, 5) is 184. The predicted molar refractivity (Wildman–Crippen MR) is 381 cm³/mol. The zero-order chi connectivity index (χ0) is 86.9. The number of carbonyl (C=O) groups excluding carboxylic acids is 9. The predicted octanol–water partition coefficient (Wildman–Crippen LogP) is -6.45. The summed E-state index contributed by atoms with van der Waals surface area (Å²) in [6.45, 7) is 3.73. The van der Waals surface area contributed by atoms with E-state index in [2.05, 4.69) is 28.6 Å². The van der Waals surface area contributed by atoms with Crippen LogP contribution < -0.4 is 16.0 Å². The van der Waals surface area contributed by atoms with Crippen LogP contribution in [0.4, 0.5) is 0 Å². The number of thioether (sulfide) groups is 1. The smallest absolute Gasteiger partial charge is 0.335 e. The van der Waals surface area contributed by atoms with Gasteiger partial charge in [-0.2, -0.15) is 24.4 Å². The third-order valence-electron chi connectivity index (χ3n) is 18.1. The van der Waals surface area contributed by atoms with Gasteiger partial charge in [-0.15, -0.1) is 0 Å². The van der Waals surface area contributed by atoms with Crippen molar-refractivity contribution in [2.24, 2.45) is 0 Å². The number of carboxylic acid groups (broad SMARTS) is 3. The number of aliphatic hydroxyl groups excluding tert-OH is 7. The summed E-state index contributed by atoms with van der Waals surface area (Å²) in [5, 5.41) is 117. The van der Waals surface area contributed by atoms with Crippen molar-refractivity contribution in [2.75, 3.05) is 97.0 Å². The van der Waals surface area contributed by atoms with Crippen LogP contribution in [0.1, 0.15) is 92.4 Å². The fourth-order valence-corrected chi connectivity index (χ4v) is 13.2. The molecule has 0 aromatic rings. The molecule has 6 aliphatic rings. The number of hydrogen-bond donors (Lipinski definition) is 14. The molecule has 6 fully saturated rings. The van der Waals surface area contributed by atoms with Gasteiger partial charge >= 0.3 is 53.7 Å². The number of thiol groups is 1. The molecule has 0 aromatic heterocycles. The minimum atomic E-state index is -2.47. The zero-order valence-electron chi connectivity index (χ0n) is 65.0. The van der Waals surface area contributed by atoms with Gasteiger partial charge in [-0.1, -0.05) is 6.92 Å². The Hall–Kier alpha value is -6.62. The second-order valence-electron chi connectivity index (χ2n) is 27.0. The SMILES string of the molecule is CCC(=O)OCCOC(=O)CCC(=O)OC[C@@H]1O[C@@H](O[C@H]2C(C(=O)O)OC(OO[C@H]3C[C@H](NC(C)=O)[C@H](O[C@H]4C(C(=O)O)OC(C)[C@H](O)[C@H]4O)O[C@H]3COC(=O)CCC(=O)OCCOC(=O)CCSCCOCCOCCS)C(O)C2O)[C@@H](NC(C)=O)C[C@@H]1OOC1OC(C(=O)O)[C@H](OC2O[C@@H](CO)[C@@H](OOC)C[C@@H]2NC(C)=O)C(O)[C@H]1O. The Labute approximate surface area is 682 Å². The molecule has 6 rings (SSSR count). The Morgan fingerprint density at radius 3 is 1.14 bits per heavy atom. The molecule has 6 saturated heterocycles. The minimum Gasteiger partial charge on any atom is -0.479 e. The van der Waals surface area contributed by atoms with Crippen molar-refractivity contribution in [3.8, 4) is 0 Å². The van der Waals surface area contributed by atoms with Gasteiger partial charge in [-0.25, -0.2) is 43.7 Å². The van der Waals surface area contributed by atoms with E-state index in [1.807, 2.05) is 0 Å². The summed E-state index contributed by atoms with van der Waals surface area (Å²) in [6, 6.07) is -4.25. The molecule has 0 aliphatic carbocycles. The lowest BCUT2D eigenvalue weighted by atomic mass is 9.94. The van der Waals surface area contributed by atoms with E-state index >= 15 is 0 Å². The quantitative estimate of drug-likeness (QED) is 0.00673. The van der Waals surface area contributed by atoms with Crippen molar-refractivity contribution in [1.82, 2.24) is 16.0 Å². The molecular weight excluding hydrogens is 1640 g/mol. The Balaban J connectivity index is 1.17. The molecule has 48 nitrogen and oxygen atoms in total. The number of ether oxygens (including phenoxy) is 17. The van der Waals surface area contributed by atoms with Crippen molar-refractivity contribution < 1.29 is 218 Å². The number of carbonyl (C=O) groups is 12. The zero-order valence-corrected chi connectivity index (χ0v) is 66.7. The molecule has 674 valence electrons. The number of aliphatic hydroxyl groups is 7. The van der Waals surface area contributed by atoms with Gasteiger partial charge in [0.15, 0.2) is 37.2 Å². The highest BCUT2D eigenvalue weighted by Gasteiger charge is 2.57. The van der Waals surface area contributed by atoms with Gasteiger partial charge in [0.2, 0.25) is 30.3 Å². The molecule has 3 amide bonds. The highest BCUT2D eigenvalue weighted by atomic mass is 32.2. The number of amides is 3. The highest BCUT2D eigenvalue weighted by Crippen LogP contribution is 2.37. The Kier molecular flexibility index (Phi) is 43.6. The van der Waals surface area contributed by atoms with E-state index in [0.717, 1.165) is 27.9 Å². The molecule has 6 heterocycles. The summed E-state index contributed by atoms with van der Waals surface area (Å²) >= 11 is 5.50. The highest BCUT2D eigenvalue weighted by molar-refractivity contribution is 7.99. The lowest BCUT2D eigenvalue weighted by Crippen LogP contribution is -2.65. The summed E-state index contributed by atoms with van der Waals surface area (Å²) in [6.07, 6.45) is -50.8. The fourth-order valence-electron chi connectivity index (χ4n) is 12.3. The maximum atomic E-state index is 13.3. The van der Waals surface area contributed by atoms with E-state index in [1.54, 1.807) is 0 Å². The first-order chi connectivity index (χ1) is 56.2. The van der Waals surface area contributed by atoms with Gasteiger partial charge in [0.1, 0.15) is 131 Å². The lowest BCUT2D eigenvalue weighted by molar-refractivity contribution is -0.461.